The van der Waals surface area contributed by atoms with E-state index in [1.807, 2.05) is 27.7 Å². The minimum Gasteiger partial charge on any atom is -0.430 e. The van der Waals surface area contributed by atoms with Crippen LogP contribution in [0.3, 0.4) is 0 Å². The molecule has 192 valence electrons. The first kappa shape index (κ1) is 28.2. The molecule has 0 amide bonds. The monoisotopic (exact) mass is 484 g/mol. The van der Waals surface area contributed by atoms with E-state index in [1.54, 1.807) is 0 Å². The molecular formula is C29H40O6. The minimum atomic E-state index is -0.566. The van der Waals surface area contributed by atoms with Crippen LogP contribution in [0.5, 0.6) is 0 Å². The van der Waals surface area contributed by atoms with E-state index in [2.05, 4.69) is 62.4 Å². The van der Waals surface area contributed by atoms with E-state index in [0.717, 1.165) is 25.7 Å². The van der Waals surface area contributed by atoms with Gasteiger partial charge in [-0.1, -0.05) is 90.1 Å². The Bertz CT molecular complexity index is 842. The van der Waals surface area contributed by atoms with Crippen LogP contribution in [0, 0.1) is 0 Å². The highest BCUT2D eigenvalue weighted by Crippen LogP contribution is 2.32. The summed E-state index contributed by atoms with van der Waals surface area (Å²) in [7, 11) is 0. The maximum atomic E-state index is 11.0. The lowest BCUT2D eigenvalue weighted by atomic mass is 9.77. The Morgan fingerprint density at radius 2 is 1.00 bits per heavy atom. The summed E-state index contributed by atoms with van der Waals surface area (Å²) in [4.78, 5) is 22.0. The molecule has 4 rings (SSSR count). The van der Waals surface area contributed by atoms with Gasteiger partial charge < -0.3 is 18.9 Å². The molecule has 2 atom stereocenters. The molecule has 2 aliphatic heterocycles. The van der Waals surface area contributed by atoms with Crippen LogP contribution >= 0.6 is 0 Å². The number of benzene rings is 2. The van der Waals surface area contributed by atoms with Gasteiger partial charge in [-0.25, -0.2) is 9.59 Å². The van der Waals surface area contributed by atoms with Crippen molar-refractivity contribution in [2.45, 2.75) is 84.8 Å². The Balaban J connectivity index is 0.00000103. The smallest absolute Gasteiger partial charge is 0.430 e. The van der Waals surface area contributed by atoms with Crippen molar-refractivity contribution >= 4 is 12.3 Å². The fourth-order valence-electron chi connectivity index (χ4n) is 4.01. The predicted molar refractivity (Wildman–Crippen MR) is 137 cm³/mol. The van der Waals surface area contributed by atoms with E-state index in [-0.39, 0.29) is 17.6 Å². The molecule has 35 heavy (non-hydrogen) atoms. The number of carbonyl (C=O) groups is 2. The van der Waals surface area contributed by atoms with Crippen molar-refractivity contribution in [3.63, 3.8) is 0 Å². The topological polar surface area (TPSA) is 71.1 Å². The average molecular weight is 485 g/mol. The number of aryl methyl sites for hydroxylation is 2. The summed E-state index contributed by atoms with van der Waals surface area (Å²) >= 11 is 0. The molecule has 6 heteroatoms. The number of hydrogen-bond donors (Lipinski definition) is 0. The lowest BCUT2D eigenvalue weighted by Gasteiger charge is -2.26. The van der Waals surface area contributed by atoms with Gasteiger partial charge in [0, 0.05) is 5.41 Å². The summed E-state index contributed by atoms with van der Waals surface area (Å²) in [6.07, 6.45) is 1.80. The van der Waals surface area contributed by atoms with Crippen LogP contribution in [0.15, 0.2) is 48.5 Å². The number of ether oxygens (including phenoxy) is 4. The standard InChI is InChI=1S/C25H28O6.2C2H6/c1-25(2,19-9-3-17(4-10-19)7-13-21-15-28-23(26)30-21)20-11-5-18(6-12-20)8-14-22-16-29-24(27)31-22;2*1-2/h3-6,9-12,21-22H,7-8,13-16H2,1-2H3;2*1-2H3. The van der Waals surface area contributed by atoms with E-state index in [9.17, 15) is 9.59 Å². The molecule has 0 spiro atoms. The molecule has 0 aliphatic carbocycles. The molecule has 2 saturated heterocycles. The van der Waals surface area contributed by atoms with Gasteiger partial charge in [0.25, 0.3) is 0 Å². The van der Waals surface area contributed by atoms with Gasteiger partial charge in [0.2, 0.25) is 0 Å². The quantitative estimate of drug-likeness (QED) is 0.376. The zero-order chi connectivity index (χ0) is 25.8. The number of hydrogen-bond acceptors (Lipinski definition) is 6. The molecule has 2 aromatic rings. The van der Waals surface area contributed by atoms with Crippen LogP contribution in [-0.2, 0) is 37.2 Å². The Kier molecular flexibility index (Phi) is 11.1. The third-order valence-electron chi connectivity index (χ3n) is 6.16. The third-order valence-corrected chi connectivity index (χ3v) is 6.16. The molecule has 0 aromatic heterocycles. The highest BCUT2D eigenvalue weighted by atomic mass is 16.8. The summed E-state index contributed by atoms with van der Waals surface area (Å²) in [5, 5.41) is 0. The van der Waals surface area contributed by atoms with Crippen LogP contribution in [-0.4, -0.2) is 37.7 Å². The average Bonchev–Trinajstić information content (AvgIpc) is 3.51. The fourth-order valence-corrected chi connectivity index (χ4v) is 4.01. The summed E-state index contributed by atoms with van der Waals surface area (Å²) in [5.74, 6) is 0. The number of rotatable bonds is 8. The van der Waals surface area contributed by atoms with Gasteiger partial charge in [-0.3, -0.25) is 0 Å². The molecule has 0 saturated carbocycles. The Morgan fingerprint density at radius 3 is 1.29 bits per heavy atom. The van der Waals surface area contributed by atoms with Crippen molar-refractivity contribution in [3.05, 3.63) is 70.8 Å². The fraction of sp³-hybridized carbons (Fsp3) is 0.517. The van der Waals surface area contributed by atoms with Crippen molar-refractivity contribution in [2.75, 3.05) is 13.2 Å². The first-order chi connectivity index (χ1) is 16.9. The Hall–Kier alpha value is -3.02. The van der Waals surface area contributed by atoms with Gasteiger partial charge in [0.1, 0.15) is 25.4 Å². The second-order valence-electron chi connectivity index (χ2n) is 8.70. The highest BCUT2D eigenvalue weighted by Gasteiger charge is 2.26. The van der Waals surface area contributed by atoms with Crippen molar-refractivity contribution in [1.82, 2.24) is 0 Å². The molecule has 0 N–H and O–H groups in total. The zero-order valence-corrected chi connectivity index (χ0v) is 22.0. The summed E-state index contributed by atoms with van der Waals surface area (Å²) in [6.45, 7) is 13.1. The van der Waals surface area contributed by atoms with Crippen molar-refractivity contribution in [3.8, 4) is 0 Å². The normalized spacial score (nSPS) is 18.7. The van der Waals surface area contributed by atoms with Crippen molar-refractivity contribution in [1.29, 1.82) is 0 Å². The minimum absolute atomic E-state index is 0.124. The van der Waals surface area contributed by atoms with Crippen LogP contribution in [0.1, 0.15) is 76.6 Å². The van der Waals surface area contributed by atoms with Crippen molar-refractivity contribution < 1.29 is 28.5 Å². The van der Waals surface area contributed by atoms with Crippen LogP contribution in [0.25, 0.3) is 0 Å². The summed E-state index contributed by atoms with van der Waals surface area (Å²) < 4.78 is 19.8. The van der Waals surface area contributed by atoms with Crippen LogP contribution in [0.2, 0.25) is 0 Å². The molecule has 0 radical (unpaired) electrons. The summed E-state index contributed by atoms with van der Waals surface area (Å²) in [5.41, 5.74) is 4.80. The SMILES string of the molecule is CC.CC.CC(C)(c1ccc(CCC2COC(=O)O2)cc1)c1ccc(CCC2COC(=O)O2)cc1. The van der Waals surface area contributed by atoms with Gasteiger partial charge in [-0.15, -0.1) is 0 Å². The Labute approximate surface area is 209 Å². The Morgan fingerprint density at radius 1 is 0.657 bits per heavy atom. The molecule has 2 fully saturated rings. The van der Waals surface area contributed by atoms with Gasteiger partial charge in [-0.05, 0) is 47.9 Å². The number of cyclic esters (lactones) is 4. The van der Waals surface area contributed by atoms with Gasteiger partial charge in [0.15, 0.2) is 0 Å². The molecule has 6 nitrogen and oxygen atoms in total. The third kappa shape index (κ3) is 8.01. The van der Waals surface area contributed by atoms with E-state index in [4.69, 9.17) is 18.9 Å². The zero-order valence-electron chi connectivity index (χ0n) is 22.0. The predicted octanol–water partition coefficient (Wildman–Crippen LogP) is 7.00. The van der Waals surface area contributed by atoms with E-state index in [0.29, 0.717) is 13.2 Å². The second-order valence-corrected chi connectivity index (χ2v) is 8.70. The first-order valence-corrected chi connectivity index (χ1v) is 12.8. The largest absolute Gasteiger partial charge is 0.508 e. The van der Waals surface area contributed by atoms with Crippen molar-refractivity contribution in [2.24, 2.45) is 0 Å². The van der Waals surface area contributed by atoms with Crippen LogP contribution < -0.4 is 0 Å². The van der Waals surface area contributed by atoms with E-state index >= 15 is 0 Å². The first-order valence-electron chi connectivity index (χ1n) is 12.8. The molecule has 2 heterocycles. The molecule has 2 unspecified atom stereocenters. The summed E-state index contributed by atoms with van der Waals surface area (Å²) in [6, 6.07) is 17.3. The van der Waals surface area contributed by atoms with Gasteiger partial charge in [0.05, 0.1) is 0 Å². The van der Waals surface area contributed by atoms with Gasteiger partial charge >= 0.3 is 12.3 Å². The van der Waals surface area contributed by atoms with Gasteiger partial charge in [-0.2, -0.15) is 0 Å². The number of carbonyl (C=O) groups excluding carboxylic acids is 2. The lowest BCUT2D eigenvalue weighted by Crippen LogP contribution is -2.19. The van der Waals surface area contributed by atoms with E-state index < -0.39 is 12.3 Å². The molecular weight excluding hydrogens is 444 g/mol. The lowest BCUT2D eigenvalue weighted by molar-refractivity contribution is 0.115. The second kappa shape index (κ2) is 13.8. The molecule has 0 bridgehead atoms. The molecule has 2 aliphatic rings. The maximum Gasteiger partial charge on any atom is 0.508 e. The van der Waals surface area contributed by atoms with E-state index in [1.165, 1.54) is 22.3 Å². The maximum absolute atomic E-state index is 11.0. The van der Waals surface area contributed by atoms with Crippen LogP contribution in [0.4, 0.5) is 9.59 Å². The highest BCUT2D eigenvalue weighted by molar-refractivity contribution is 5.62. The molecule has 2 aromatic carbocycles.